The van der Waals surface area contributed by atoms with E-state index in [-0.39, 0.29) is 57.1 Å². The molecule has 1 fully saturated rings. The normalized spacial score (nSPS) is 23.5. The number of rotatable bonds is 18. The molecule has 4 unspecified atom stereocenters. The van der Waals surface area contributed by atoms with Crippen LogP contribution in [0.15, 0.2) is 34.6 Å². The van der Waals surface area contributed by atoms with Gasteiger partial charge in [0.2, 0.25) is 0 Å². The number of allylic oxidation sites excluding steroid dienone is 3. The van der Waals surface area contributed by atoms with Crippen molar-refractivity contribution in [2.75, 3.05) is 14.2 Å². The van der Waals surface area contributed by atoms with E-state index in [1.807, 2.05) is 0 Å². The number of hydrogen-bond acceptors (Lipinski definition) is 9. The van der Waals surface area contributed by atoms with Crippen LogP contribution in [0.5, 0.6) is 0 Å². The van der Waals surface area contributed by atoms with Gasteiger partial charge in [0.05, 0.1) is 53.9 Å². The maximum atomic E-state index is 12.8. The van der Waals surface area contributed by atoms with Crippen LogP contribution in [0.4, 0.5) is 0 Å². The quantitative estimate of drug-likeness (QED) is 0.0574. The van der Waals surface area contributed by atoms with Gasteiger partial charge in [-0.25, -0.2) is 0 Å². The molecule has 57 heavy (non-hydrogen) atoms. The van der Waals surface area contributed by atoms with Crippen LogP contribution in [0.3, 0.4) is 0 Å². The molecule has 9 nitrogen and oxygen atoms in total. The lowest BCUT2D eigenvalue weighted by molar-refractivity contribution is -0.141. The Kier molecular flexibility index (Phi) is 17.8. The second-order valence-corrected chi connectivity index (χ2v) is 41.5. The minimum absolute atomic E-state index is 0.0781. The Balaban J connectivity index is 0.000000394. The number of carbonyl (C=O) groups is 4. The molecule has 0 aromatic rings. The molecule has 13 heteroatoms. The Morgan fingerprint density at radius 1 is 0.737 bits per heavy atom. The molecule has 326 valence electrons. The fourth-order valence-electron chi connectivity index (χ4n) is 6.84. The summed E-state index contributed by atoms with van der Waals surface area (Å²) in [7, 11) is -4.20. The molecule has 4 atom stereocenters. The molecule has 0 aromatic heterocycles. The summed E-state index contributed by atoms with van der Waals surface area (Å²) >= 11 is 0. The molecule has 0 amide bonds. The van der Waals surface area contributed by atoms with Crippen LogP contribution in [-0.2, 0) is 42.2 Å². The standard InChI is InChI=1S/C22H40O5Si2.C22H40O4Si2/c1-21(2,3)29(8,9)27-17-13-16(18(23)14-17)15-22(28(5,6)7)19(26-22)11-10-12-20(24)25-4;1-22(2,3)28(8,9)26-18-14-17(20(23)16-18)15-19(27(5,6)7)12-10-11-13-21(24)25-4/h13,17,19H,10-12,14-15H2,1-9H3;12,14,18H,10-11,13,15-16H2,1-9H3/b;19-12-. The third-order valence-corrected chi connectivity index (χ3v) is 27.4. The van der Waals surface area contributed by atoms with Crippen LogP contribution in [0.1, 0.15) is 106 Å². The van der Waals surface area contributed by atoms with Gasteiger partial charge in [0, 0.05) is 32.1 Å². The minimum atomic E-state index is -1.92. The zero-order valence-electron chi connectivity index (χ0n) is 39.2. The molecule has 0 N–H and O–H groups in total. The van der Waals surface area contributed by atoms with E-state index in [1.165, 1.54) is 19.4 Å². The van der Waals surface area contributed by atoms with Crippen molar-refractivity contribution in [3.05, 3.63) is 34.6 Å². The van der Waals surface area contributed by atoms with Gasteiger partial charge in [-0.05, 0) is 91.7 Å². The molecule has 2 aliphatic carbocycles. The summed E-state index contributed by atoms with van der Waals surface area (Å²) in [6.45, 7) is 36.1. The van der Waals surface area contributed by atoms with E-state index < -0.39 is 32.8 Å². The number of methoxy groups -OCH3 is 2. The molecule has 0 spiro atoms. The third kappa shape index (κ3) is 14.7. The lowest BCUT2D eigenvalue weighted by Gasteiger charge is -2.37. The number of esters is 2. The first-order valence-electron chi connectivity index (χ1n) is 21.1. The van der Waals surface area contributed by atoms with Crippen molar-refractivity contribution in [1.29, 1.82) is 0 Å². The summed E-state index contributed by atoms with van der Waals surface area (Å²) < 4.78 is 28.6. The fourth-order valence-corrected chi connectivity index (χ4v) is 13.2. The highest BCUT2D eigenvalue weighted by atomic mass is 28.4. The lowest BCUT2D eigenvalue weighted by Crippen LogP contribution is -2.44. The maximum Gasteiger partial charge on any atom is 0.305 e. The Morgan fingerprint density at radius 3 is 1.60 bits per heavy atom. The number of ketones is 2. The van der Waals surface area contributed by atoms with Crippen molar-refractivity contribution in [1.82, 2.24) is 0 Å². The van der Waals surface area contributed by atoms with Crippen molar-refractivity contribution < 1.29 is 42.2 Å². The van der Waals surface area contributed by atoms with Gasteiger partial charge in [0.1, 0.15) is 0 Å². The third-order valence-electron chi connectivity index (χ3n) is 12.9. The summed E-state index contributed by atoms with van der Waals surface area (Å²) in [6.07, 6.45) is 12.8. The van der Waals surface area contributed by atoms with Crippen LogP contribution in [0, 0.1) is 0 Å². The number of epoxide rings is 1. The van der Waals surface area contributed by atoms with Gasteiger partial charge in [0.15, 0.2) is 28.2 Å². The van der Waals surface area contributed by atoms with Gasteiger partial charge >= 0.3 is 11.9 Å². The van der Waals surface area contributed by atoms with Crippen molar-refractivity contribution in [2.24, 2.45) is 0 Å². The average Bonchev–Trinajstić information content (AvgIpc) is 3.51. The topological polar surface area (TPSA) is 118 Å². The zero-order valence-corrected chi connectivity index (χ0v) is 43.2. The van der Waals surface area contributed by atoms with Crippen LogP contribution in [-0.4, -0.2) is 94.0 Å². The molecular formula is C44H80O9Si4. The number of hydrogen-bond donors (Lipinski definition) is 0. The molecule has 0 radical (unpaired) electrons. The summed E-state index contributed by atoms with van der Waals surface area (Å²) in [4.78, 5) is 48.1. The molecule has 1 saturated heterocycles. The highest BCUT2D eigenvalue weighted by Crippen LogP contribution is 2.52. The Labute approximate surface area is 350 Å². The van der Waals surface area contributed by atoms with Gasteiger partial charge in [0.25, 0.3) is 0 Å². The number of Topliss-reactive ketones (excluding diaryl/α,β-unsaturated/α-hetero) is 2. The van der Waals surface area contributed by atoms with Crippen LogP contribution in [0.2, 0.25) is 75.5 Å². The zero-order chi connectivity index (χ0) is 44.0. The van der Waals surface area contributed by atoms with Crippen molar-refractivity contribution in [2.45, 2.75) is 205 Å². The Morgan fingerprint density at radius 2 is 1.18 bits per heavy atom. The van der Waals surface area contributed by atoms with E-state index in [0.717, 1.165) is 43.3 Å². The predicted molar refractivity (Wildman–Crippen MR) is 243 cm³/mol. The molecule has 1 heterocycles. The number of unbranched alkanes of at least 4 members (excludes halogenated alkanes) is 1. The molecule has 1 aliphatic heterocycles. The average molecular weight is 865 g/mol. The van der Waals surface area contributed by atoms with E-state index in [4.69, 9.17) is 23.1 Å². The Hall–Kier alpha value is -1.75. The highest BCUT2D eigenvalue weighted by molar-refractivity contribution is 6.83. The number of carbonyl (C=O) groups excluding carboxylic acids is 4. The summed E-state index contributed by atoms with van der Waals surface area (Å²) in [5.41, 5.74) is 1.79. The molecular weight excluding hydrogens is 785 g/mol. The lowest BCUT2D eigenvalue weighted by atomic mass is 10.0. The maximum absolute atomic E-state index is 12.8. The van der Waals surface area contributed by atoms with E-state index in [0.29, 0.717) is 32.1 Å². The summed E-state index contributed by atoms with van der Waals surface area (Å²) in [6, 6.07) is 0. The van der Waals surface area contributed by atoms with E-state index >= 15 is 0 Å². The van der Waals surface area contributed by atoms with Gasteiger partial charge < -0.3 is 23.1 Å². The van der Waals surface area contributed by atoms with Gasteiger partial charge in [-0.1, -0.05) is 92.1 Å². The van der Waals surface area contributed by atoms with Crippen LogP contribution >= 0.6 is 0 Å². The highest BCUT2D eigenvalue weighted by Gasteiger charge is 2.64. The monoisotopic (exact) mass is 864 g/mol. The fraction of sp³-hybridized carbons (Fsp3) is 0.773. The first-order valence-corrected chi connectivity index (χ1v) is 34.0. The SMILES string of the molecule is COC(=O)CCC/C=C(/CC1=CC(O[Si](C)(C)C(C)(C)C)CC1=O)[Si](C)(C)C.COC(=O)CCCC1OC1(CC1=CC(O[Si](C)(C)C(C)(C)C)CC1=O)[Si](C)(C)C. The van der Waals surface area contributed by atoms with Gasteiger partial charge in [-0.2, -0.15) is 0 Å². The largest absolute Gasteiger partial charge is 0.469 e. The van der Waals surface area contributed by atoms with Crippen molar-refractivity contribution in [3.63, 3.8) is 0 Å². The van der Waals surface area contributed by atoms with Crippen LogP contribution < -0.4 is 0 Å². The number of ether oxygens (including phenoxy) is 3. The van der Waals surface area contributed by atoms with Gasteiger partial charge in [-0.3, -0.25) is 19.2 Å². The van der Waals surface area contributed by atoms with E-state index in [9.17, 15) is 19.2 Å². The van der Waals surface area contributed by atoms with Crippen molar-refractivity contribution >= 4 is 56.3 Å². The first-order chi connectivity index (χ1) is 25.8. The molecule has 3 rings (SSSR count). The van der Waals surface area contributed by atoms with E-state index in [2.05, 4.69) is 125 Å². The van der Waals surface area contributed by atoms with Gasteiger partial charge in [-0.15, -0.1) is 0 Å². The molecule has 3 aliphatic rings. The second kappa shape index (κ2) is 19.8. The predicted octanol–water partition coefficient (Wildman–Crippen LogP) is 10.8. The smallest absolute Gasteiger partial charge is 0.305 e. The molecule has 0 bridgehead atoms. The first kappa shape index (κ1) is 51.4. The minimum Gasteiger partial charge on any atom is -0.469 e. The summed E-state index contributed by atoms with van der Waals surface area (Å²) in [5, 5.41) is 1.42. The molecule has 0 saturated carbocycles. The van der Waals surface area contributed by atoms with Crippen molar-refractivity contribution in [3.8, 4) is 0 Å². The van der Waals surface area contributed by atoms with Crippen LogP contribution in [0.25, 0.3) is 0 Å². The second-order valence-electron chi connectivity index (χ2n) is 21.5. The summed E-state index contributed by atoms with van der Waals surface area (Å²) in [5.74, 6) is 0.0865. The van der Waals surface area contributed by atoms with E-state index in [1.54, 1.807) is 0 Å². The Bertz CT molecular complexity index is 1530. The molecule has 0 aromatic carbocycles.